The predicted molar refractivity (Wildman–Crippen MR) is 103 cm³/mol. The highest BCUT2D eigenvalue weighted by Gasteiger charge is 2.24. The standard InChI is InChI=1S/C19H23ClN4O2/c1-2-3-10-24-18(25)9-8-16(21-24)19(26)23-13-11-22(12-14-23)17-7-5-4-6-15(17)20/h4-9H,2-3,10-14H2,1H3. The number of aryl methyl sites for hydroxylation is 1. The third-order valence-corrected chi connectivity index (χ3v) is 4.89. The largest absolute Gasteiger partial charge is 0.367 e. The van der Waals surface area contributed by atoms with Crippen molar-refractivity contribution in [2.75, 3.05) is 31.1 Å². The Labute approximate surface area is 158 Å². The van der Waals surface area contributed by atoms with Gasteiger partial charge in [0.05, 0.1) is 10.7 Å². The number of para-hydroxylation sites is 1. The number of piperazine rings is 1. The second-order valence-corrected chi connectivity index (χ2v) is 6.77. The van der Waals surface area contributed by atoms with E-state index >= 15 is 0 Å². The smallest absolute Gasteiger partial charge is 0.274 e. The lowest BCUT2D eigenvalue weighted by atomic mass is 10.2. The fourth-order valence-electron chi connectivity index (χ4n) is 3.05. The Balaban J connectivity index is 1.67. The molecule has 3 rings (SSSR count). The molecule has 1 saturated heterocycles. The zero-order valence-corrected chi connectivity index (χ0v) is 15.7. The van der Waals surface area contributed by atoms with Gasteiger partial charge in [0.15, 0.2) is 0 Å². The monoisotopic (exact) mass is 374 g/mol. The number of anilines is 1. The molecule has 1 aliphatic heterocycles. The van der Waals surface area contributed by atoms with E-state index in [0.29, 0.717) is 38.4 Å². The van der Waals surface area contributed by atoms with Crippen LogP contribution in [0.2, 0.25) is 5.02 Å². The number of halogens is 1. The van der Waals surface area contributed by atoms with Gasteiger partial charge in [-0.2, -0.15) is 5.10 Å². The molecule has 0 spiro atoms. The van der Waals surface area contributed by atoms with Gasteiger partial charge in [0.2, 0.25) is 0 Å². The molecule has 1 aliphatic rings. The lowest BCUT2D eigenvalue weighted by Gasteiger charge is -2.36. The van der Waals surface area contributed by atoms with Crippen LogP contribution in [0.25, 0.3) is 0 Å². The van der Waals surface area contributed by atoms with Crippen LogP contribution < -0.4 is 10.5 Å². The molecule has 0 bridgehead atoms. The Bertz CT molecular complexity index is 828. The van der Waals surface area contributed by atoms with Gasteiger partial charge < -0.3 is 9.80 Å². The number of carbonyl (C=O) groups excluding carboxylic acids is 1. The first-order valence-corrected chi connectivity index (χ1v) is 9.35. The number of benzene rings is 1. The van der Waals surface area contributed by atoms with Gasteiger partial charge >= 0.3 is 0 Å². The average Bonchev–Trinajstić information content (AvgIpc) is 2.67. The maximum Gasteiger partial charge on any atom is 0.274 e. The maximum atomic E-state index is 12.8. The summed E-state index contributed by atoms with van der Waals surface area (Å²) in [7, 11) is 0. The molecule has 1 aromatic heterocycles. The Morgan fingerprint density at radius 3 is 2.54 bits per heavy atom. The van der Waals surface area contributed by atoms with Crippen molar-refractivity contribution in [1.29, 1.82) is 0 Å². The van der Waals surface area contributed by atoms with Crippen molar-refractivity contribution < 1.29 is 4.79 Å². The van der Waals surface area contributed by atoms with Crippen LogP contribution >= 0.6 is 11.6 Å². The van der Waals surface area contributed by atoms with E-state index in [9.17, 15) is 9.59 Å². The van der Waals surface area contributed by atoms with Gasteiger partial charge in [0.1, 0.15) is 5.69 Å². The fraction of sp³-hybridized carbons (Fsp3) is 0.421. The Morgan fingerprint density at radius 2 is 1.85 bits per heavy atom. The first kappa shape index (κ1) is 18.5. The zero-order valence-electron chi connectivity index (χ0n) is 14.9. The molecule has 2 heterocycles. The van der Waals surface area contributed by atoms with Gasteiger partial charge in [-0.05, 0) is 24.6 Å². The Kier molecular flexibility index (Phi) is 5.93. The van der Waals surface area contributed by atoms with Crippen molar-refractivity contribution in [3.8, 4) is 0 Å². The molecular formula is C19H23ClN4O2. The first-order valence-electron chi connectivity index (χ1n) is 8.97. The molecule has 0 radical (unpaired) electrons. The van der Waals surface area contributed by atoms with Crippen molar-refractivity contribution in [3.05, 3.63) is 57.5 Å². The number of rotatable bonds is 5. The van der Waals surface area contributed by atoms with E-state index in [4.69, 9.17) is 11.6 Å². The number of aromatic nitrogens is 2. The molecule has 1 amide bonds. The van der Waals surface area contributed by atoms with Crippen LogP contribution in [0.3, 0.4) is 0 Å². The summed E-state index contributed by atoms with van der Waals surface area (Å²) in [4.78, 5) is 28.6. The van der Waals surface area contributed by atoms with Crippen LogP contribution in [0.1, 0.15) is 30.3 Å². The van der Waals surface area contributed by atoms with Crippen molar-refractivity contribution in [3.63, 3.8) is 0 Å². The van der Waals surface area contributed by atoms with Crippen LogP contribution in [0.15, 0.2) is 41.2 Å². The normalized spacial score (nSPS) is 14.5. The van der Waals surface area contributed by atoms with E-state index in [1.165, 1.54) is 16.8 Å². The summed E-state index contributed by atoms with van der Waals surface area (Å²) in [5.41, 5.74) is 1.15. The molecule has 0 N–H and O–H groups in total. The molecule has 0 unspecified atom stereocenters. The Hall–Kier alpha value is -2.34. The summed E-state index contributed by atoms with van der Waals surface area (Å²) < 4.78 is 1.39. The predicted octanol–water partition coefficient (Wildman–Crippen LogP) is 2.66. The summed E-state index contributed by atoms with van der Waals surface area (Å²) in [6, 6.07) is 10.7. The van der Waals surface area contributed by atoms with Crippen molar-refractivity contribution in [2.24, 2.45) is 0 Å². The van der Waals surface area contributed by atoms with E-state index in [1.54, 1.807) is 4.90 Å². The summed E-state index contributed by atoms with van der Waals surface area (Å²) in [6.07, 6.45) is 1.83. The molecule has 0 atom stereocenters. The first-order chi connectivity index (χ1) is 12.6. The second kappa shape index (κ2) is 8.36. The molecule has 6 nitrogen and oxygen atoms in total. The highest BCUT2D eigenvalue weighted by atomic mass is 35.5. The number of nitrogens with zero attached hydrogens (tertiary/aromatic N) is 4. The molecule has 0 aliphatic carbocycles. The van der Waals surface area contributed by atoms with Gasteiger partial charge in [-0.1, -0.05) is 37.1 Å². The van der Waals surface area contributed by atoms with Crippen molar-refractivity contribution >= 4 is 23.2 Å². The molecular weight excluding hydrogens is 352 g/mol. The minimum absolute atomic E-state index is 0.131. The highest BCUT2D eigenvalue weighted by Crippen LogP contribution is 2.26. The van der Waals surface area contributed by atoms with Crippen LogP contribution in [0, 0.1) is 0 Å². The lowest BCUT2D eigenvalue weighted by Crippen LogP contribution is -2.49. The lowest BCUT2D eigenvalue weighted by molar-refractivity contribution is 0.0738. The average molecular weight is 375 g/mol. The van der Waals surface area contributed by atoms with E-state index in [-0.39, 0.29) is 11.5 Å². The minimum Gasteiger partial charge on any atom is -0.367 e. The summed E-state index contributed by atoms with van der Waals surface area (Å²) >= 11 is 6.26. The molecule has 1 aromatic carbocycles. The molecule has 0 saturated carbocycles. The van der Waals surface area contributed by atoms with Gasteiger partial charge in [0.25, 0.3) is 11.5 Å². The molecule has 138 valence electrons. The topological polar surface area (TPSA) is 58.4 Å². The van der Waals surface area contributed by atoms with Crippen LogP contribution in [0.5, 0.6) is 0 Å². The number of amides is 1. The van der Waals surface area contributed by atoms with E-state index in [0.717, 1.165) is 23.6 Å². The minimum atomic E-state index is -0.168. The molecule has 1 fully saturated rings. The second-order valence-electron chi connectivity index (χ2n) is 6.36. The van der Waals surface area contributed by atoms with Crippen molar-refractivity contribution in [2.45, 2.75) is 26.3 Å². The van der Waals surface area contributed by atoms with E-state index in [2.05, 4.69) is 16.9 Å². The SMILES string of the molecule is CCCCn1nc(C(=O)N2CCN(c3ccccc3Cl)CC2)ccc1=O. The number of hydrogen-bond donors (Lipinski definition) is 0. The van der Waals surface area contributed by atoms with Crippen LogP contribution in [-0.2, 0) is 6.54 Å². The summed E-state index contributed by atoms with van der Waals surface area (Å²) in [6.45, 7) is 5.21. The van der Waals surface area contributed by atoms with Gasteiger partial charge in [-0.3, -0.25) is 9.59 Å². The highest BCUT2D eigenvalue weighted by molar-refractivity contribution is 6.33. The van der Waals surface area contributed by atoms with Crippen LogP contribution in [0.4, 0.5) is 5.69 Å². The van der Waals surface area contributed by atoms with Crippen LogP contribution in [-0.4, -0.2) is 46.8 Å². The maximum absolute atomic E-state index is 12.8. The van der Waals surface area contributed by atoms with Gasteiger partial charge in [0, 0.05) is 38.8 Å². The van der Waals surface area contributed by atoms with Gasteiger partial charge in [-0.25, -0.2) is 4.68 Å². The summed E-state index contributed by atoms with van der Waals surface area (Å²) in [5.74, 6) is -0.131. The number of hydrogen-bond acceptors (Lipinski definition) is 4. The summed E-state index contributed by atoms with van der Waals surface area (Å²) in [5, 5.41) is 4.97. The molecule has 26 heavy (non-hydrogen) atoms. The van der Waals surface area contributed by atoms with E-state index in [1.807, 2.05) is 24.3 Å². The third kappa shape index (κ3) is 4.07. The molecule has 7 heteroatoms. The number of unbranched alkanes of at least 4 members (excludes halogenated alkanes) is 1. The zero-order chi connectivity index (χ0) is 18.5. The third-order valence-electron chi connectivity index (χ3n) is 4.57. The number of carbonyl (C=O) groups is 1. The van der Waals surface area contributed by atoms with E-state index < -0.39 is 0 Å². The quantitative estimate of drug-likeness (QED) is 0.807. The molecule has 2 aromatic rings. The fourth-order valence-corrected chi connectivity index (χ4v) is 3.31. The van der Waals surface area contributed by atoms with Gasteiger partial charge in [-0.15, -0.1) is 0 Å². The van der Waals surface area contributed by atoms with Crippen molar-refractivity contribution in [1.82, 2.24) is 14.7 Å². The Morgan fingerprint density at radius 1 is 1.12 bits per heavy atom.